The largest absolute Gasteiger partial charge is 0.441 e. The molecule has 8 nitrogen and oxygen atoms in total. The lowest BCUT2D eigenvalue weighted by atomic mass is 9.91. The van der Waals surface area contributed by atoms with Crippen LogP contribution in [0.25, 0.3) is 0 Å². The van der Waals surface area contributed by atoms with E-state index in [1.165, 1.54) is 0 Å². The minimum absolute atomic E-state index is 0.136. The number of aromatic nitrogens is 2. The van der Waals surface area contributed by atoms with Gasteiger partial charge in [-0.3, -0.25) is 4.90 Å². The van der Waals surface area contributed by atoms with Gasteiger partial charge in [0, 0.05) is 64.7 Å². The number of rotatable bonds is 6. The number of carbonyl (C=O) groups excluding carboxylic acids is 1. The molecule has 3 fully saturated rings. The Morgan fingerprint density at radius 1 is 1.03 bits per heavy atom. The van der Waals surface area contributed by atoms with Crippen LogP contribution in [-0.4, -0.2) is 102 Å². The molecule has 0 unspecified atom stereocenters. The van der Waals surface area contributed by atoms with Crippen LogP contribution in [0.2, 0.25) is 0 Å². The van der Waals surface area contributed by atoms with Gasteiger partial charge in [0.2, 0.25) is 0 Å². The lowest BCUT2D eigenvalue weighted by Gasteiger charge is -2.38. The molecule has 4 rings (SSSR count). The van der Waals surface area contributed by atoms with Crippen molar-refractivity contribution in [1.29, 1.82) is 0 Å². The molecule has 166 valence electrons. The number of hydrogen-bond acceptors (Lipinski definition) is 7. The van der Waals surface area contributed by atoms with E-state index < -0.39 is 0 Å². The third-order valence-electron chi connectivity index (χ3n) is 6.86. The molecule has 0 N–H and O–H groups in total. The molecule has 4 heterocycles. The zero-order valence-electron chi connectivity index (χ0n) is 18.7. The van der Waals surface area contributed by atoms with E-state index in [4.69, 9.17) is 4.74 Å². The van der Waals surface area contributed by atoms with Gasteiger partial charge in [0.05, 0.1) is 12.2 Å². The number of carbonyl (C=O) groups is 1. The molecule has 0 bridgehead atoms. The first-order valence-corrected chi connectivity index (χ1v) is 11.4. The summed E-state index contributed by atoms with van der Waals surface area (Å²) in [5.41, 5.74) is 0.601. The van der Waals surface area contributed by atoms with Gasteiger partial charge in [-0.25, -0.2) is 4.79 Å². The maximum absolute atomic E-state index is 12.5. The Balaban J connectivity index is 1.20. The molecule has 3 saturated heterocycles. The average molecular weight is 417 g/mol. The Bertz CT molecular complexity index is 709. The van der Waals surface area contributed by atoms with Crippen LogP contribution in [0.15, 0.2) is 12.1 Å². The molecule has 3 aliphatic heterocycles. The molecule has 1 amide bonds. The fourth-order valence-electron chi connectivity index (χ4n) is 4.82. The van der Waals surface area contributed by atoms with E-state index in [0.717, 1.165) is 89.7 Å². The van der Waals surface area contributed by atoms with Gasteiger partial charge in [-0.05, 0) is 45.9 Å². The molecule has 1 spiro atoms. The standard InChI is InChI=1S/C22H36N6O2/c1-18(2)26-15-13-25(14-16-26)9-4-10-28-17-22(30-21(28)29)7-11-27(12-8-22)20-6-5-19(3)23-24-20/h5-6,18H,4,7-17H2,1-3H3. The van der Waals surface area contributed by atoms with E-state index in [1.807, 2.05) is 24.0 Å². The van der Waals surface area contributed by atoms with Crippen LogP contribution < -0.4 is 4.90 Å². The van der Waals surface area contributed by atoms with Gasteiger partial charge in [0.15, 0.2) is 5.82 Å². The zero-order valence-corrected chi connectivity index (χ0v) is 18.7. The molecular formula is C22H36N6O2. The van der Waals surface area contributed by atoms with E-state index in [2.05, 4.69) is 38.7 Å². The van der Waals surface area contributed by atoms with Gasteiger partial charge in [0.25, 0.3) is 0 Å². The zero-order chi connectivity index (χ0) is 21.1. The van der Waals surface area contributed by atoms with Crippen molar-refractivity contribution >= 4 is 11.9 Å². The van der Waals surface area contributed by atoms with Crippen molar-refractivity contribution in [3.8, 4) is 0 Å². The lowest BCUT2D eigenvalue weighted by molar-refractivity contribution is 0.0365. The third-order valence-corrected chi connectivity index (χ3v) is 6.86. The van der Waals surface area contributed by atoms with Crippen molar-refractivity contribution in [1.82, 2.24) is 24.9 Å². The number of amides is 1. The summed E-state index contributed by atoms with van der Waals surface area (Å²) in [6, 6.07) is 4.65. The van der Waals surface area contributed by atoms with Gasteiger partial charge >= 0.3 is 6.09 Å². The number of piperazine rings is 1. The molecule has 0 radical (unpaired) electrons. The molecule has 3 aliphatic rings. The third kappa shape index (κ3) is 4.86. The first-order valence-electron chi connectivity index (χ1n) is 11.4. The predicted molar refractivity (Wildman–Crippen MR) is 117 cm³/mol. The Morgan fingerprint density at radius 3 is 2.40 bits per heavy atom. The number of piperidine rings is 1. The summed E-state index contributed by atoms with van der Waals surface area (Å²) in [4.78, 5) is 21.7. The predicted octanol–water partition coefficient (Wildman–Crippen LogP) is 1.99. The lowest BCUT2D eigenvalue weighted by Crippen LogP contribution is -2.49. The summed E-state index contributed by atoms with van der Waals surface area (Å²) in [6.45, 7) is 15.3. The van der Waals surface area contributed by atoms with E-state index in [1.54, 1.807) is 0 Å². The smallest absolute Gasteiger partial charge is 0.410 e. The van der Waals surface area contributed by atoms with Gasteiger partial charge in [0.1, 0.15) is 5.60 Å². The molecule has 0 aliphatic carbocycles. The van der Waals surface area contributed by atoms with E-state index in [9.17, 15) is 4.79 Å². The highest BCUT2D eigenvalue weighted by molar-refractivity contribution is 5.70. The summed E-state index contributed by atoms with van der Waals surface area (Å²) < 4.78 is 5.89. The number of nitrogens with zero attached hydrogens (tertiary/aromatic N) is 6. The average Bonchev–Trinajstić information content (AvgIpc) is 3.04. The van der Waals surface area contributed by atoms with E-state index in [0.29, 0.717) is 6.04 Å². The molecule has 0 aromatic carbocycles. The maximum atomic E-state index is 12.5. The highest BCUT2D eigenvalue weighted by Crippen LogP contribution is 2.34. The molecular weight excluding hydrogens is 380 g/mol. The maximum Gasteiger partial charge on any atom is 0.410 e. The van der Waals surface area contributed by atoms with E-state index >= 15 is 0 Å². The summed E-state index contributed by atoms with van der Waals surface area (Å²) in [6.07, 6.45) is 2.57. The number of aryl methyl sites for hydroxylation is 1. The molecule has 30 heavy (non-hydrogen) atoms. The van der Waals surface area contributed by atoms with Crippen LogP contribution in [0.3, 0.4) is 0 Å². The minimum Gasteiger partial charge on any atom is -0.441 e. The van der Waals surface area contributed by atoms with Gasteiger partial charge in [-0.2, -0.15) is 5.10 Å². The van der Waals surface area contributed by atoms with Crippen molar-refractivity contribution in [2.75, 3.05) is 63.8 Å². The summed E-state index contributed by atoms with van der Waals surface area (Å²) in [7, 11) is 0. The highest BCUT2D eigenvalue weighted by Gasteiger charge is 2.46. The van der Waals surface area contributed by atoms with Crippen LogP contribution >= 0.6 is 0 Å². The second-order valence-corrected chi connectivity index (χ2v) is 9.32. The van der Waals surface area contributed by atoms with Crippen LogP contribution in [0, 0.1) is 6.92 Å². The molecule has 1 aromatic heterocycles. The normalized spacial score (nSPS) is 22.9. The number of ether oxygens (including phenoxy) is 1. The SMILES string of the molecule is Cc1ccc(N2CCC3(CC2)CN(CCCN2CCN(C(C)C)CC2)C(=O)O3)nn1. The molecule has 0 atom stereocenters. The number of hydrogen-bond donors (Lipinski definition) is 0. The van der Waals surface area contributed by atoms with E-state index in [-0.39, 0.29) is 11.7 Å². The van der Waals surface area contributed by atoms with Crippen LogP contribution in [-0.2, 0) is 4.74 Å². The van der Waals surface area contributed by atoms with Gasteiger partial charge in [-0.1, -0.05) is 0 Å². The van der Waals surface area contributed by atoms with Crippen LogP contribution in [0.1, 0.15) is 38.8 Å². The summed E-state index contributed by atoms with van der Waals surface area (Å²) in [5.74, 6) is 0.911. The Hall–Kier alpha value is -1.93. The first kappa shape index (κ1) is 21.3. The summed E-state index contributed by atoms with van der Waals surface area (Å²) >= 11 is 0. The van der Waals surface area contributed by atoms with Gasteiger partial charge in [-0.15, -0.1) is 5.10 Å². The molecule has 0 saturated carbocycles. The highest BCUT2D eigenvalue weighted by atomic mass is 16.6. The fraction of sp³-hybridized carbons (Fsp3) is 0.773. The monoisotopic (exact) mass is 416 g/mol. The van der Waals surface area contributed by atoms with Crippen molar-refractivity contribution in [2.24, 2.45) is 0 Å². The van der Waals surface area contributed by atoms with Crippen molar-refractivity contribution < 1.29 is 9.53 Å². The van der Waals surface area contributed by atoms with Gasteiger partial charge < -0.3 is 19.4 Å². The second kappa shape index (κ2) is 9.06. The number of anilines is 1. The Kier molecular flexibility index (Phi) is 6.43. The first-order chi connectivity index (χ1) is 14.4. The van der Waals surface area contributed by atoms with Crippen LogP contribution in [0.4, 0.5) is 10.6 Å². The quantitative estimate of drug-likeness (QED) is 0.703. The summed E-state index contributed by atoms with van der Waals surface area (Å²) in [5, 5.41) is 8.46. The Labute approximate surface area is 180 Å². The minimum atomic E-state index is -0.325. The van der Waals surface area contributed by atoms with Crippen LogP contribution in [0.5, 0.6) is 0 Å². The van der Waals surface area contributed by atoms with Crippen molar-refractivity contribution in [3.63, 3.8) is 0 Å². The fourth-order valence-corrected chi connectivity index (χ4v) is 4.82. The topological polar surface area (TPSA) is 65.0 Å². The Morgan fingerprint density at radius 2 is 1.77 bits per heavy atom. The van der Waals surface area contributed by atoms with Crippen molar-refractivity contribution in [2.45, 2.75) is 51.7 Å². The molecule has 8 heteroatoms. The molecule has 1 aromatic rings. The van der Waals surface area contributed by atoms with Crippen molar-refractivity contribution in [3.05, 3.63) is 17.8 Å². The second-order valence-electron chi connectivity index (χ2n) is 9.32.